The fourth-order valence-corrected chi connectivity index (χ4v) is 1.28. The first-order valence-corrected chi connectivity index (χ1v) is 4.26. The van der Waals surface area contributed by atoms with Crippen LogP contribution in [0.15, 0.2) is 18.2 Å². The van der Waals surface area contributed by atoms with Gasteiger partial charge in [-0.05, 0) is 17.7 Å². The Labute approximate surface area is 98.4 Å². The van der Waals surface area contributed by atoms with Crippen molar-refractivity contribution in [3.8, 4) is 5.75 Å². The Morgan fingerprint density at radius 1 is 1.60 bits per heavy atom. The van der Waals surface area contributed by atoms with Crippen LogP contribution >= 0.6 is 24.0 Å². The summed E-state index contributed by atoms with van der Waals surface area (Å²) >= 11 is 5.80. The van der Waals surface area contributed by atoms with Crippen LogP contribution in [0.1, 0.15) is 11.6 Å². The van der Waals surface area contributed by atoms with Crippen LogP contribution in [0.5, 0.6) is 5.75 Å². The van der Waals surface area contributed by atoms with E-state index >= 15 is 0 Å². The van der Waals surface area contributed by atoms with E-state index in [0.717, 1.165) is 0 Å². The molecule has 6 heteroatoms. The lowest BCUT2D eigenvalue weighted by molar-refractivity contribution is -0.138. The van der Waals surface area contributed by atoms with Crippen molar-refractivity contribution >= 4 is 30.0 Å². The van der Waals surface area contributed by atoms with Crippen LogP contribution in [0, 0.1) is 0 Å². The standard InChI is InChI=1S/C9H10ClNO3.ClH/c1-14-7-3-2-5(4-6(7)10)8(11)9(12)13;/h2-4,8H,11H2,1H3,(H,12,13);1H. The molecule has 84 valence electrons. The zero-order valence-electron chi connectivity index (χ0n) is 7.94. The lowest BCUT2D eigenvalue weighted by Gasteiger charge is -2.09. The smallest absolute Gasteiger partial charge is 0.325 e. The van der Waals surface area contributed by atoms with E-state index in [4.69, 9.17) is 27.2 Å². The average molecular weight is 252 g/mol. The summed E-state index contributed by atoms with van der Waals surface area (Å²) in [5, 5.41) is 9.00. The highest BCUT2D eigenvalue weighted by molar-refractivity contribution is 6.32. The molecule has 0 radical (unpaired) electrons. The van der Waals surface area contributed by atoms with Crippen molar-refractivity contribution in [1.82, 2.24) is 0 Å². The van der Waals surface area contributed by atoms with E-state index in [-0.39, 0.29) is 12.4 Å². The molecule has 0 bridgehead atoms. The van der Waals surface area contributed by atoms with Crippen LogP contribution < -0.4 is 10.5 Å². The van der Waals surface area contributed by atoms with Gasteiger partial charge < -0.3 is 15.6 Å². The Bertz CT molecular complexity index is 357. The van der Waals surface area contributed by atoms with Crippen molar-refractivity contribution in [3.63, 3.8) is 0 Å². The topological polar surface area (TPSA) is 72.5 Å². The predicted molar refractivity (Wildman–Crippen MR) is 59.8 cm³/mol. The molecule has 0 amide bonds. The molecule has 0 spiro atoms. The monoisotopic (exact) mass is 251 g/mol. The molecule has 15 heavy (non-hydrogen) atoms. The SMILES string of the molecule is COc1ccc(C(N)C(=O)O)cc1Cl.Cl. The van der Waals surface area contributed by atoms with E-state index in [1.54, 1.807) is 12.1 Å². The fraction of sp³-hybridized carbons (Fsp3) is 0.222. The van der Waals surface area contributed by atoms with Gasteiger partial charge in [0.15, 0.2) is 0 Å². The van der Waals surface area contributed by atoms with Gasteiger partial charge in [0.25, 0.3) is 0 Å². The first-order valence-electron chi connectivity index (χ1n) is 3.88. The highest BCUT2D eigenvalue weighted by Gasteiger charge is 2.15. The highest BCUT2D eigenvalue weighted by Crippen LogP contribution is 2.26. The van der Waals surface area contributed by atoms with Gasteiger partial charge in [0.05, 0.1) is 12.1 Å². The third-order valence-corrected chi connectivity index (χ3v) is 2.10. The number of benzene rings is 1. The molecule has 1 rings (SSSR count). The molecule has 3 N–H and O–H groups in total. The van der Waals surface area contributed by atoms with Gasteiger partial charge in [-0.3, -0.25) is 4.79 Å². The number of carbonyl (C=O) groups is 1. The Hall–Kier alpha value is -0.970. The second-order valence-corrected chi connectivity index (χ2v) is 3.12. The summed E-state index contributed by atoms with van der Waals surface area (Å²) in [4.78, 5) is 10.6. The zero-order valence-corrected chi connectivity index (χ0v) is 9.51. The molecular formula is C9H11Cl2NO3. The number of ether oxygens (including phenoxy) is 1. The summed E-state index contributed by atoms with van der Waals surface area (Å²) in [6.45, 7) is 0. The first-order chi connectivity index (χ1) is 6.56. The van der Waals surface area contributed by atoms with Gasteiger partial charge in [0.2, 0.25) is 0 Å². The van der Waals surface area contributed by atoms with Gasteiger partial charge in [-0.2, -0.15) is 0 Å². The van der Waals surface area contributed by atoms with E-state index in [9.17, 15) is 4.79 Å². The zero-order chi connectivity index (χ0) is 10.7. The van der Waals surface area contributed by atoms with Crippen molar-refractivity contribution in [2.24, 2.45) is 5.73 Å². The molecule has 0 aliphatic carbocycles. The lowest BCUT2D eigenvalue weighted by Crippen LogP contribution is -2.20. The Morgan fingerprint density at radius 2 is 2.20 bits per heavy atom. The Morgan fingerprint density at radius 3 is 2.60 bits per heavy atom. The molecule has 1 aromatic carbocycles. The first kappa shape index (κ1) is 14.0. The summed E-state index contributed by atoms with van der Waals surface area (Å²) < 4.78 is 4.92. The van der Waals surface area contributed by atoms with Crippen LogP contribution in [0.3, 0.4) is 0 Å². The quantitative estimate of drug-likeness (QED) is 0.861. The van der Waals surface area contributed by atoms with E-state index in [0.29, 0.717) is 16.3 Å². The summed E-state index contributed by atoms with van der Waals surface area (Å²) in [7, 11) is 1.48. The van der Waals surface area contributed by atoms with Crippen molar-refractivity contribution in [2.45, 2.75) is 6.04 Å². The van der Waals surface area contributed by atoms with Crippen LogP contribution in [-0.4, -0.2) is 18.2 Å². The number of rotatable bonds is 3. The number of aliphatic carboxylic acids is 1. The van der Waals surface area contributed by atoms with Gasteiger partial charge in [0.1, 0.15) is 11.8 Å². The third-order valence-electron chi connectivity index (χ3n) is 1.80. The van der Waals surface area contributed by atoms with Crippen molar-refractivity contribution in [3.05, 3.63) is 28.8 Å². The molecule has 0 aliphatic heterocycles. The molecule has 1 unspecified atom stereocenters. The normalized spacial score (nSPS) is 11.4. The molecule has 1 aromatic rings. The van der Waals surface area contributed by atoms with E-state index in [1.165, 1.54) is 13.2 Å². The number of hydrogen-bond donors (Lipinski definition) is 2. The molecule has 0 saturated heterocycles. The predicted octanol–water partition coefficient (Wildman–Crippen LogP) is 1.85. The van der Waals surface area contributed by atoms with Gasteiger partial charge in [0, 0.05) is 0 Å². The number of halogens is 2. The number of nitrogens with two attached hydrogens (primary N) is 1. The largest absolute Gasteiger partial charge is 0.495 e. The van der Waals surface area contributed by atoms with Crippen LogP contribution in [-0.2, 0) is 4.79 Å². The van der Waals surface area contributed by atoms with Crippen molar-refractivity contribution in [1.29, 1.82) is 0 Å². The molecule has 0 saturated carbocycles. The maximum absolute atomic E-state index is 10.6. The second kappa shape index (κ2) is 5.80. The fourth-order valence-electron chi connectivity index (χ4n) is 1.02. The van der Waals surface area contributed by atoms with Crippen LogP contribution in [0.2, 0.25) is 5.02 Å². The highest BCUT2D eigenvalue weighted by atomic mass is 35.5. The van der Waals surface area contributed by atoms with Gasteiger partial charge in [-0.15, -0.1) is 12.4 Å². The van der Waals surface area contributed by atoms with Gasteiger partial charge >= 0.3 is 5.97 Å². The van der Waals surface area contributed by atoms with E-state index < -0.39 is 12.0 Å². The summed E-state index contributed by atoms with van der Waals surface area (Å²) in [5.74, 6) is -0.598. The Balaban J connectivity index is 0.00000196. The number of carboxylic acid groups (broad SMARTS) is 1. The second-order valence-electron chi connectivity index (χ2n) is 2.71. The molecule has 1 atom stereocenters. The molecular weight excluding hydrogens is 241 g/mol. The van der Waals surface area contributed by atoms with Crippen LogP contribution in [0.25, 0.3) is 0 Å². The summed E-state index contributed by atoms with van der Waals surface area (Å²) in [6.07, 6.45) is 0. The molecule has 4 nitrogen and oxygen atoms in total. The summed E-state index contributed by atoms with van der Waals surface area (Å²) in [5.41, 5.74) is 5.85. The maximum atomic E-state index is 10.6. The van der Waals surface area contributed by atoms with E-state index in [2.05, 4.69) is 0 Å². The Kier molecular flexibility index (Phi) is 5.43. The lowest BCUT2D eigenvalue weighted by atomic mass is 10.1. The molecule has 0 fully saturated rings. The van der Waals surface area contributed by atoms with Crippen molar-refractivity contribution < 1.29 is 14.6 Å². The molecule has 0 heterocycles. The number of carboxylic acids is 1. The number of methoxy groups -OCH3 is 1. The summed E-state index contributed by atoms with van der Waals surface area (Å²) in [6, 6.07) is 3.58. The van der Waals surface area contributed by atoms with Gasteiger partial charge in [-0.25, -0.2) is 0 Å². The number of hydrogen-bond acceptors (Lipinski definition) is 3. The third kappa shape index (κ3) is 3.27. The average Bonchev–Trinajstić information content (AvgIpc) is 2.16. The minimum absolute atomic E-state index is 0. The minimum Gasteiger partial charge on any atom is -0.495 e. The molecule has 0 aliphatic rings. The molecule has 0 aromatic heterocycles. The minimum atomic E-state index is -1.09. The van der Waals surface area contributed by atoms with Gasteiger partial charge in [-0.1, -0.05) is 17.7 Å². The van der Waals surface area contributed by atoms with Crippen LogP contribution in [0.4, 0.5) is 0 Å². The van der Waals surface area contributed by atoms with E-state index in [1.807, 2.05) is 0 Å². The maximum Gasteiger partial charge on any atom is 0.325 e. The van der Waals surface area contributed by atoms with Crippen molar-refractivity contribution in [2.75, 3.05) is 7.11 Å².